The molecule has 1 amide bonds. The van der Waals surface area contributed by atoms with Gasteiger partial charge < -0.3 is 9.15 Å². The van der Waals surface area contributed by atoms with Crippen molar-refractivity contribution in [1.82, 2.24) is 14.8 Å². The second-order valence-corrected chi connectivity index (χ2v) is 6.33. The maximum absolute atomic E-state index is 13.6. The molecule has 152 valence electrons. The lowest BCUT2D eigenvalue weighted by atomic mass is 10.2. The molecule has 0 fully saturated rings. The Labute approximate surface area is 169 Å². The van der Waals surface area contributed by atoms with Crippen LogP contribution in [-0.2, 0) is 13.2 Å². The van der Waals surface area contributed by atoms with Gasteiger partial charge in [-0.1, -0.05) is 30.3 Å². The molecule has 0 saturated heterocycles. The summed E-state index contributed by atoms with van der Waals surface area (Å²) >= 11 is 0. The topological polar surface area (TPSA) is 82.2 Å². The number of benzene rings is 2. The van der Waals surface area contributed by atoms with Crippen LogP contribution >= 0.6 is 0 Å². The third-order valence-corrected chi connectivity index (χ3v) is 4.10. The SMILES string of the molecule is O=C(Nc1ncn(Cc2ccccc2)n1)c1ccc(COc2ccc(F)cc2F)o1. The van der Waals surface area contributed by atoms with Crippen LogP contribution in [0, 0.1) is 11.6 Å². The van der Waals surface area contributed by atoms with E-state index in [2.05, 4.69) is 15.4 Å². The van der Waals surface area contributed by atoms with Crippen molar-refractivity contribution in [3.8, 4) is 5.75 Å². The summed E-state index contributed by atoms with van der Waals surface area (Å²) in [6, 6.07) is 15.7. The molecule has 0 spiro atoms. The molecule has 0 aliphatic heterocycles. The third-order valence-electron chi connectivity index (χ3n) is 4.10. The molecule has 7 nitrogen and oxygen atoms in total. The lowest BCUT2D eigenvalue weighted by Crippen LogP contribution is -2.12. The van der Waals surface area contributed by atoms with Gasteiger partial charge in [0.15, 0.2) is 17.3 Å². The molecule has 0 bridgehead atoms. The molecule has 2 heterocycles. The average Bonchev–Trinajstić information content (AvgIpc) is 3.38. The Bertz CT molecular complexity index is 1160. The van der Waals surface area contributed by atoms with E-state index in [1.807, 2.05) is 30.3 Å². The molecular weight excluding hydrogens is 394 g/mol. The largest absolute Gasteiger partial charge is 0.483 e. The molecule has 0 unspecified atom stereocenters. The Balaban J connectivity index is 1.34. The van der Waals surface area contributed by atoms with Crippen LogP contribution in [0.2, 0.25) is 0 Å². The van der Waals surface area contributed by atoms with E-state index in [9.17, 15) is 13.6 Å². The summed E-state index contributed by atoms with van der Waals surface area (Å²) in [6.07, 6.45) is 1.52. The number of carbonyl (C=O) groups is 1. The number of nitrogens with zero attached hydrogens (tertiary/aromatic N) is 3. The number of anilines is 1. The highest BCUT2D eigenvalue weighted by atomic mass is 19.1. The van der Waals surface area contributed by atoms with Crippen molar-refractivity contribution >= 4 is 11.9 Å². The number of nitrogens with one attached hydrogen (secondary N) is 1. The van der Waals surface area contributed by atoms with Crippen molar-refractivity contribution in [2.45, 2.75) is 13.2 Å². The fraction of sp³-hybridized carbons (Fsp3) is 0.0952. The van der Waals surface area contributed by atoms with E-state index in [-0.39, 0.29) is 24.1 Å². The first kappa shape index (κ1) is 19.3. The zero-order valence-corrected chi connectivity index (χ0v) is 15.6. The van der Waals surface area contributed by atoms with E-state index in [0.717, 1.165) is 17.7 Å². The minimum Gasteiger partial charge on any atom is -0.483 e. The predicted molar refractivity (Wildman–Crippen MR) is 103 cm³/mol. The summed E-state index contributed by atoms with van der Waals surface area (Å²) in [6.45, 7) is 0.395. The van der Waals surface area contributed by atoms with Crippen molar-refractivity contribution in [2.24, 2.45) is 0 Å². The van der Waals surface area contributed by atoms with Gasteiger partial charge in [-0.2, -0.15) is 0 Å². The van der Waals surface area contributed by atoms with Gasteiger partial charge in [-0.3, -0.25) is 10.1 Å². The first-order valence-electron chi connectivity index (χ1n) is 8.98. The monoisotopic (exact) mass is 410 g/mol. The fourth-order valence-corrected chi connectivity index (χ4v) is 2.68. The van der Waals surface area contributed by atoms with Gasteiger partial charge in [-0.25, -0.2) is 18.4 Å². The summed E-state index contributed by atoms with van der Waals surface area (Å²) in [7, 11) is 0. The van der Waals surface area contributed by atoms with E-state index in [4.69, 9.17) is 9.15 Å². The summed E-state index contributed by atoms with van der Waals surface area (Å²) in [5.74, 6) is -1.72. The van der Waals surface area contributed by atoms with Gasteiger partial charge >= 0.3 is 0 Å². The van der Waals surface area contributed by atoms with Crippen LogP contribution in [0.5, 0.6) is 5.75 Å². The van der Waals surface area contributed by atoms with E-state index >= 15 is 0 Å². The Morgan fingerprint density at radius 1 is 1.10 bits per heavy atom. The van der Waals surface area contributed by atoms with Crippen molar-refractivity contribution in [3.05, 3.63) is 95.7 Å². The Hall–Kier alpha value is -4.01. The molecule has 0 aliphatic carbocycles. The Morgan fingerprint density at radius 2 is 1.93 bits per heavy atom. The quantitative estimate of drug-likeness (QED) is 0.498. The van der Waals surface area contributed by atoms with Crippen LogP contribution in [0.3, 0.4) is 0 Å². The molecule has 4 aromatic rings. The average molecular weight is 410 g/mol. The van der Waals surface area contributed by atoms with Crippen LogP contribution in [0.25, 0.3) is 0 Å². The minimum absolute atomic E-state index is 0.0209. The van der Waals surface area contributed by atoms with Crippen LogP contribution in [0.4, 0.5) is 14.7 Å². The smallest absolute Gasteiger partial charge is 0.293 e. The molecule has 2 aromatic carbocycles. The summed E-state index contributed by atoms with van der Waals surface area (Å²) in [5, 5.41) is 6.75. The molecule has 2 aromatic heterocycles. The molecule has 4 rings (SSSR count). The molecule has 0 aliphatic rings. The molecule has 1 N–H and O–H groups in total. The summed E-state index contributed by atoms with van der Waals surface area (Å²) < 4.78 is 38.8. The normalized spacial score (nSPS) is 10.7. The number of furan rings is 1. The van der Waals surface area contributed by atoms with Gasteiger partial charge in [0.2, 0.25) is 5.95 Å². The first-order valence-corrected chi connectivity index (χ1v) is 8.98. The highest BCUT2D eigenvalue weighted by molar-refractivity contribution is 6.01. The molecular formula is C21H16F2N4O3. The number of amides is 1. The van der Waals surface area contributed by atoms with Gasteiger partial charge in [-0.15, -0.1) is 5.10 Å². The van der Waals surface area contributed by atoms with Crippen molar-refractivity contribution in [3.63, 3.8) is 0 Å². The molecule has 9 heteroatoms. The molecule has 30 heavy (non-hydrogen) atoms. The number of rotatable bonds is 7. The summed E-state index contributed by atoms with van der Waals surface area (Å²) in [4.78, 5) is 16.4. The fourth-order valence-electron chi connectivity index (χ4n) is 2.68. The Morgan fingerprint density at radius 3 is 2.73 bits per heavy atom. The lowest BCUT2D eigenvalue weighted by molar-refractivity contribution is 0.0991. The highest BCUT2D eigenvalue weighted by Gasteiger charge is 2.15. The van der Waals surface area contributed by atoms with Crippen molar-refractivity contribution < 1.29 is 22.7 Å². The number of hydrogen-bond donors (Lipinski definition) is 1. The van der Waals surface area contributed by atoms with Gasteiger partial charge in [0.1, 0.15) is 24.5 Å². The zero-order chi connectivity index (χ0) is 20.9. The van der Waals surface area contributed by atoms with Crippen LogP contribution in [0.15, 0.2) is 71.4 Å². The molecule has 0 atom stereocenters. The second kappa shape index (κ2) is 8.56. The standard InChI is InChI=1S/C21H16F2N4O3/c22-15-6-8-18(17(23)10-15)29-12-16-7-9-19(30-16)20(28)25-21-24-13-27(26-21)11-14-4-2-1-3-5-14/h1-10,13H,11-12H2,(H,25,26,28). The van der Waals surface area contributed by atoms with E-state index in [1.165, 1.54) is 24.5 Å². The number of ether oxygens (including phenoxy) is 1. The first-order chi connectivity index (χ1) is 14.6. The molecule has 0 saturated carbocycles. The van der Waals surface area contributed by atoms with Gasteiger partial charge in [-0.05, 0) is 29.8 Å². The Kier molecular flexibility index (Phi) is 5.51. The van der Waals surface area contributed by atoms with E-state index in [1.54, 1.807) is 4.68 Å². The summed E-state index contributed by atoms with van der Waals surface area (Å²) in [5.41, 5.74) is 1.05. The zero-order valence-electron chi connectivity index (χ0n) is 15.6. The van der Waals surface area contributed by atoms with Crippen LogP contribution in [0.1, 0.15) is 21.9 Å². The number of carbonyl (C=O) groups excluding carboxylic acids is 1. The minimum atomic E-state index is -0.823. The van der Waals surface area contributed by atoms with Crippen molar-refractivity contribution in [1.29, 1.82) is 0 Å². The van der Waals surface area contributed by atoms with Gasteiger partial charge in [0.25, 0.3) is 5.91 Å². The maximum Gasteiger partial charge on any atom is 0.293 e. The highest BCUT2D eigenvalue weighted by Crippen LogP contribution is 2.20. The number of aromatic nitrogens is 3. The second-order valence-electron chi connectivity index (χ2n) is 6.33. The third kappa shape index (κ3) is 4.69. The van der Waals surface area contributed by atoms with Gasteiger partial charge in [0.05, 0.1) is 6.54 Å². The van der Waals surface area contributed by atoms with Gasteiger partial charge in [0, 0.05) is 6.07 Å². The maximum atomic E-state index is 13.6. The van der Waals surface area contributed by atoms with Crippen molar-refractivity contribution in [2.75, 3.05) is 5.32 Å². The van der Waals surface area contributed by atoms with E-state index in [0.29, 0.717) is 12.3 Å². The number of hydrogen-bond acceptors (Lipinski definition) is 5. The van der Waals surface area contributed by atoms with Crippen LogP contribution < -0.4 is 10.1 Å². The predicted octanol–water partition coefficient (Wildman–Crippen LogP) is 4.03. The molecule has 0 radical (unpaired) electrons. The van der Waals surface area contributed by atoms with Crippen LogP contribution in [-0.4, -0.2) is 20.7 Å². The number of halogens is 2. The lowest BCUT2D eigenvalue weighted by Gasteiger charge is -2.05. The van der Waals surface area contributed by atoms with E-state index < -0.39 is 17.5 Å².